The molecule has 0 saturated carbocycles. The van der Waals surface area contributed by atoms with E-state index in [0.29, 0.717) is 0 Å². The Morgan fingerprint density at radius 1 is 1.75 bits per heavy atom. The third kappa shape index (κ3) is 12.1. The van der Waals surface area contributed by atoms with Gasteiger partial charge in [0.1, 0.15) is 0 Å². The van der Waals surface area contributed by atoms with Crippen molar-refractivity contribution in [2.75, 3.05) is 0 Å². The fourth-order valence-electron chi connectivity index (χ4n) is 0. The van der Waals surface area contributed by atoms with Crippen LogP contribution < -0.4 is 0 Å². The molecule has 0 aromatic heterocycles. The first-order chi connectivity index (χ1) is 1.41. The molecule has 0 heterocycles. The van der Waals surface area contributed by atoms with E-state index in [4.69, 9.17) is 9.90 Å². The molecule has 0 radical (unpaired) electrons. The minimum absolute atomic E-state index is 0. The number of hydrogen-bond acceptors (Lipinski definition) is 1. The van der Waals surface area contributed by atoms with Crippen LogP contribution in [0.4, 0.5) is 0 Å². The molecule has 3 heteroatoms. The Labute approximate surface area is 62.4 Å². The van der Waals surface area contributed by atoms with Gasteiger partial charge in [-0.3, -0.25) is 4.79 Å². The molecule has 0 fully saturated rings. The molecule has 0 atom stereocenters. The summed E-state index contributed by atoms with van der Waals surface area (Å²) in [6, 6.07) is 0. The van der Waals surface area contributed by atoms with Crippen molar-refractivity contribution < 1.29 is 56.8 Å². The van der Waals surface area contributed by atoms with Crippen LogP contribution in [0.3, 0.4) is 0 Å². The van der Waals surface area contributed by atoms with Gasteiger partial charge in [0.2, 0.25) is 0 Å². The van der Waals surface area contributed by atoms with Crippen molar-refractivity contribution in [1.29, 1.82) is 0 Å². The fourth-order valence-corrected chi connectivity index (χ4v) is 0. The number of hydrogen-bond donors (Lipinski definition) is 1. The first-order valence-electron chi connectivity index (χ1n) is 0.494. The van der Waals surface area contributed by atoms with Gasteiger partial charge in [-0.05, 0) is 0 Å². The monoisotopic (exact) mass is 220 g/mol. The van der Waals surface area contributed by atoms with Crippen LogP contribution in [-0.2, 0) is 4.79 Å². The molecular formula is CH2O2Yb. The molecule has 0 rings (SSSR count). The normalized spacial score (nSPS) is 3.00. The number of rotatable bonds is 0. The second-order valence-electron chi connectivity index (χ2n) is 0.105. The number of carboxylic acid groups (broad SMARTS) is 1. The summed E-state index contributed by atoms with van der Waals surface area (Å²) in [5, 5.41) is 6.89. The Morgan fingerprint density at radius 3 is 1.75 bits per heavy atom. The Bertz CT molecular complexity index is 13.5. The van der Waals surface area contributed by atoms with Crippen molar-refractivity contribution in [3.8, 4) is 0 Å². The van der Waals surface area contributed by atoms with Gasteiger partial charge in [0.05, 0.1) is 0 Å². The summed E-state index contributed by atoms with van der Waals surface area (Å²) in [6.07, 6.45) is 0. The molecule has 4 heavy (non-hydrogen) atoms. The molecule has 1 N–H and O–H groups in total. The van der Waals surface area contributed by atoms with Crippen molar-refractivity contribution in [3.63, 3.8) is 0 Å². The van der Waals surface area contributed by atoms with Crippen molar-refractivity contribution in [1.82, 2.24) is 0 Å². The Morgan fingerprint density at radius 2 is 1.75 bits per heavy atom. The van der Waals surface area contributed by atoms with Gasteiger partial charge in [-0.15, -0.1) is 0 Å². The van der Waals surface area contributed by atoms with E-state index in [1.807, 2.05) is 0 Å². The standard InChI is InChI=1S/CH2O2.Yb/c2-1-3;/h1H,(H,2,3);. The molecule has 0 amide bonds. The zero-order valence-corrected chi connectivity index (χ0v) is 3.41. The predicted molar refractivity (Wildman–Crippen MR) is 8.69 cm³/mol. The molecule has 0 saturated heterocycles. The van der Waals surface area contributed by atoms with Crippen molar-refractivity contribution >= 4 is 6.47 Å². The minimum Gasteiger partial charge on any atom is -0.483 e. The summed E-state index contributed by atoms with van der Waals surface area (Å²) in [4.78, 5) is 8.36. The third-order valence-corrected chi connectivity index (χ3v) is 0. The van der Waals surface area contributed by atoms with Gasteiger partial charge in [-0.25, -0.2) is 0 Å². The molecule has 2 nitrogen and oxygen atoms in total. The summed E-state index contributed by atoms with van der Waals surface area (Å²) in [6.45, 7) is -0.250. The molecule has 0 aliphatic carbocycles. The van der Waals surface area contributed by atoms with Crippen LogP contribution in [0.2, 0.25) is 0 Å². The number of carbonyl (C=O) groups is 1. The van der Waals surface area contributed by atoms with Gasteiger partial charge in [0.15, 0.2) is 0 Å². The Balaban J connectivity index is 0. The minimum atomic E-state index is -0.250. The average Bonchev–Trinajstić information content (AvgIpc) is 0.918. The zero-order valence-electron chi connectivity index (χ0n) is 1.70. The maximum Gasteiger partial charge on any atom is 0.290 e. The van der Waals surface area contributed by atoms with Crippen molar-refractivity contribution in [3.05, 3.63) is 0 Å². The SMILES string of the molecule is O=CO.[Yb]. The Hall–Kier alpha value is 0.989. The van der Waals surface area contributed by atoms with E-state index in [1.54, 1.807) is 0 Å². The third-order valence-electron chi connectivity index (χ3n) is 0. The van der Waals surface area contributed by atoms with Gasteiger partial charge < -0.3 is 5.11 Å². The summed E-state index contributed by atoms with van der Waals surface area (Å²) in [5.41, 5.74) is 0. The van der Waals surface area contributed by atoms with Crippen LogP contribution >= 0.6 is 0 Å². The Kier molecular flexibility index (Phi) is 20.0. The topological polar surface area (TPSA) is 37.3 Å². The molecule has 0 aromatic carbocycles. The molecule has 0 unspecified atom stereocenters. The molecule has 0 spiro atoms. The van der Waals surface area contributed by atoms with Crippen LogP contribution in [0.25, 0.3) is 0 Å². The van der Waals surface area contributed by atoms with Gasteiger partial charge in [0, 0.05) is 46.9 Å². The van der Waals surface area contributed by atoms with Crippen molar-refractivity contribution in [2.45, 2.75) is 0 Å². The summed E-state index contributed by atoms with van der Waals surface area (Å²) in [5.74, 6) is 0. The first kappa shape index (κ1) is 8.89. The van der Waals surface area contributed by atoms with Gasteiger partial charge in [0.25, 0.3) is 6.47 Å². The molecule has 0 aliphatic heterocycles. The van der Waals surface area contributed by atoms with E-state index in [9.17, 15) is 0 Å². The summed E-state index contributed by atoms with van der Waals surface area (Å²) < 4.78 is 0. The molecule has 0 bridgehead atoms. The fraction of sp³-hybridized carbons (Fsp3) is 0. The molecule has 0 aromatic rings. The van der Waals surface area contributed by atoms with Crippen LogP contribution in [0.15, 0.2) is 0 Å². The second-order valence-corrected chi connectivity index (χ2v) is 0.105. The van der Waals surface area contributed by atoms with Crippen LogP contribution in [0, 0.1) is 46.9 Å². The molecule has 32 valence electrons. The second kappa shape index (κ2) is 9.01. The quantitative estimate of drug-likeness (QED) is 0.568. The molecular weight excluding hydrogens is 217 g/mol. The van der Waals surface area contributed by atoms with E-state index in [2.05, 4.69) is 0 Å². The zero-order chi connectivity index (χ0) is 2.71. The van der Waals surface area contributed by atoms with Gasteiger partial charge >= 0.3 is 0 Å². The predicted octanol–water partition coefficient (Wildman–Crippen LogP) is -0.299. The van der Waals surface area contributed by atoms with E-state index in [0.717, 1.165) is 0 Å². The van der Waals surface area contributed by atoms with Gasteiger partial charge in [-0.2, -0.15) is 0 Å². The van der Waals surface area contributed by atoms with Crippen LogP contribution in [0.1, 0.15) is 0 Å². The van der Waals surface area contributed by atoms with Gasteiger partial charge in [-0.1, -0.05) is 0 Å². The van der Waals surface area contributed by atoms with Crippen LogP contribution in [-0.4, -0.2) is 11.6 Å². The largest absolute Gasteiger partial charge is 0.483 e. The maximum atomic E-state index is 8.36. The first-order valence-corrected chi connectivity index (χ1v) is 0.494. The summed E-state index contributed by atoms with van der Waals surface area (Å²) >= 11 is 0. The van der Waals surface area contributed by atoms with E-state index in [-0.39, 0.29) is 53.4 Å². The average molecular weight is 219 g/mol. The van der Waals surface area contributed by atoms with E-state index >= 15 is 0 Å². The smallest absolute Gasteiger partial charge is 0.290 e. The summed E-state index contributed by atoms with van der Waals surface area (Å²) in [7, 11) is 0. The van der Waals surface area contributed by atoms with E-state index < -0.39 is 0 Å². The van der Waals surface area contributed by atoms with Crippen LogP contribution in [0.5, 0.6) is 0 Å². The molecule has 0 aliphatic rings. The van der Waals surface area contributed by atoms with E-state index in [1.165, 1.54) is 0 Å². The van der Waals surface area contributed by atoms with Crippen molar-refractivity contribution in [2.24, 2.45) is 0 Å². The maximum absolute atomic E-state index is 8.36.